The van der Waals surface area contributed by atoms with Crippen LogP contribution in [-0.4, -0.2) is 23.2 Å². The van der Waals surface area contributed by atoms with E-state index in [2.05, 4.69) is 21.5 Å². The van der Waals surface area contributed by atoms with Gasteiger partial charge in [0.25, 0.3) is 0 Å². The lowest BCUT2D eigenvalue weighted by Gasteiger charge is -2.05. The molecule has 3 rings (SSSR count). The summed E-state index contributed by atoms with van der Waals surface area (Å²) in [5.74, 6) is 1.60. The zero-order valence-corrected chi connectivity index (χ0v) is 14.9. The van der Waals surface area contributed by atoms with Crippen molar-refractivity contribution in [1.29, 1.82) is 0 Å². The van der Waals surface area contributed by atoms with Gasteiger partial charge < -0.3 is 14.6 Å². The number of hydrogen-bond acceptors (Lipinski definition) is 5. The lowest BCUT2D eigenvalue weighted by Crippen LogP contribution is -2.23. The number of carbonyl (C=O) groups excluding carboxylic acids is 1. The van der Waals surface area contributed by atoms with Gasteiger partial charge in [-0.05, 0) is 24.6 Å². The summed E-state index contributed by atoms with van der Waals surface area (Å²) in [5.41, 5.74) is 3.06. The minimum Gasteiger partial charge on any atom is -0.497 e. The molecule has 2 aromatic carbocycles. The van der Waals surface area contributed by atoms with E-state index in [0.717, 1.165) is 16.9 Å². The Morgan fingerprint density at radius 2 is 2.04 bits per heavy atom. The highest BCUT2D eigenvalue weighted by molar-refractivity contribution is 5.76. The number of aryl methyl sites for hydroxylation is 2. The van der Waals surface area contributed by atoms with Gasteiger partial charge in [0.1, 0.15) is 5.75 Å². The Morgan fingerprint density at radius 1 is 1.19 bits per heavy atom. The van der Waals surface area contributed by atoms with Crippen LogP contribution in [0.5, 0.6) is 5.75 Å². The van der Waals surface area contributed by atoms with E-state index in [0.29, 0.717) is 31.1 Å². The van der Waals surface area contributed by atoms with Crippen molar-refractivity contribution in [2.24, 2.45) is 0 Å². The van der Waals surface area contributed by atoms with Crippen LogP contribution in [0, 0.1) is 6.92 Å². The third-order valence-corrected chi connectivity index (χ3v) is 3.93. The Kier molecular flexibility index (Phi) is 5.63. The zero-order chi connectivity index (χ0) is 18.4. The Balaban J connectivity index is 1.52. The maximum Gasteiger partial charge on any atom is 0.227 e. The van der Waals surface area contributed by atoms with Crippen LogP contribution in [-0.2, 0) is 17.8 Å². The molecule has 0 unspecified atom stereocenters. The molecule has 0 saturated carbocycles. The van der Waals surface area contributed by atoms with Crippen molar-refractivity contribution in [3.8, 4) is 17.1 Å². The van der Waals surface area contributed by atoms with E-state index in [1.165, 1.54) is 5.56 Å². The molecule has 0 saturated heterocycles. The van der Waals surface area contributed by atoms with Crippen molar-refractivity contribution < 1.29 is 14.1 Å². The van der Waals surface area contributed by atoms with Crippen LogP contribution in [0.4, 0.5) is 0 Å². The number of amides is 1. The van der Waals surface area contributed by atoms with Gasteiger partial charge in [0.05, 0.1) is 7.11 Å². The second-order valence-corrected chi connectivity index (χ2v) is 6.01. The second-order valence-electron chi connectivity index (χ2n) is 6.01. The van der Waals surface area contributed by atoms with Gasteiger partial charge in [0.15, 0.2) is 0 Å². The van der Waals surface area contributed by atoms with E-state index in [1.807, 2.05) is 49.4 Å². The van der Waals surface area contributed by atoms with E-state index in [1.54, 1.807) is 7.11 Å². The number of rotatable bonds is 7. The maximum absolute atomic E-state index is 12.0. The maximum atomic E-state index is 12.0. The summed E-state index contributed by atoms with van der Waals surface area (Å²) in [6.45, 7) is 2.54. The normalized spacial score (nSPS) is 10.5. The van der Waals surface area contributed by atoms with Crippen LogP contribution in [0.1, 0.15) is 23.4 Å². The molecular weight excluding hydrogens is 330 g/mol. The fraction of sp³-hybridized carbons (Fsp3) is 0.250. The van der Waals surface area contributed by atoms with Gasteiger partial charge in [-0.2, -0.15) is 4.98 Å². The molecule has 26 heavy (non-hydrogen) atoms. The van der Waals surface area contributed by atoms with Crippen LogP contribution in [0.3, 0.4) is 0 Å². The first kappa shape index (κ1) is 17.7. The predicted octanol–water partition coefficient (Wildman–Crippen LogP) is 3.30. The van der Waals surface area contributed by atoms with Gasteiger partial charge in [0, 0.05) is 24.9 Å². The molecule has 0 atom stereocenters. The quantitative estimate of drug-likeness (QED) is 0.707. The predicted molar refractivity (Wildman–Crippen MR) is 97.6 cm³/mol. The molecule has 1 amide bonds. The molecule has 0 fully saturated rings. The third-order valence-electron chi connectivity index (χ3n) is 3.93. The Morgan fingerprint density at radius 3 is 2.85 bits per heavy atom. The summed E-state index contributed by atoms with van der Waals surface area (Å²) in [6.07, 6.45) is 0.697. The fourth-order valence-corrected chi connectivity index (χ4v) is 2.57. The van der Waals surface area contributed by atoms with Gasteiger partial charge in [0.2, 0.25) is 17.6 Å². The fourth-order valence-electron chi connectivity index (χ4n) is 2.57. The van der Waals surface area contributed by atoms with Crippen molar-refractivity contribution >= 4 is 5.91 Å². The summed E-state index contributed by atoms with van der Waals surface area (Å²) in [7, 11) is 1.61. The van der Waals surface area contributed by atoms with Crippen molar-refractivity contribution in [2.75, 3.05) is 7.11 Å². The first-order valence-electron chi connectivity index (χ1n) is 8.43. The van der Waals surface area contributed by atoms with Gasteiger partial charge in [-0.15, -0.1) is 0 Å². The summed E-state index contributed by atoms with van der Waals surface area (Å²) < 4.78 is 10.4. The van der Waals surface area contributed by atoms with Crippen LogP contribution < -0.4 is 10.1 Å². The van der Waals surface area contributed by atoms with E-state index in [9.17, 15) is 4.79 Å². The summed E-state index contributed by atoms with van der Waals surface area (Å²) in [5, 5.41) is 6.87. The summed E-state index contributed by atoms with van der Waals surface area (Å²) >= 11 is 0. The van der Waals surface area contributed by atoms with Crippen molar-refractivity contribution in [2.45, 2.75) is 26.3 Å². The average molecular weight is 351 g/mol. The summed E-state index contributed by atoms with van der Waals surface area (Å²) in [6, 6.07) is 15.5. The molecule has 0 radical (unpaired) electrons. The highest BCUT2D eigenvalue weighted by Crippen LogP contribution is 2.21. The number of carbonyl (C=O) groups is 1. The average Bonchev–Trinajstić information content (AvgIpc) is 3.14. The number of nitrogens with zero attached hydrogens (tertiary/aromatic N) is 2. The number of benzene rings is 2. The van der Waals surface area contributed by atoms with Crippen LogP contribution >= 0.6 is 0 Å². The van der Waals surface area contributed by atoms with Crippen LogP contribution in [0.2, 0.25) is 0 Å². The molecule has 1 aromatic heterocycles. The van der Waals surface area contributed by atoms with Crippen molar-refractivity contribution in [1.82, 2.24) is 15.5 Å². The van der Waals surface area contributed by atoms with Crippen molar-refractivity contribution in [3.05, 3.63) is 65.5 Å². The molecule has 6 heteroatoms. The number of hydrogen-bond donors (Lipinski definition) is 1. The van der Waals surface area contributed by atoms with Gasteiger partial charge in [-0.25, -0.2) is 0 Å². The molecule has 134 valence electrons. The molecule has 0 aliphatic carbocycles. The van der Waals surface area contributed by atoms with E-state index in [-0.39, 0.29) is 5.91 Å². The number of nitrogens with one attached hydrogen (secondary N) is 1. The zero-order valence-electron chi connectivity index (χ0n) is 14.9. The molecule has 0 bridgehead atoms. The van der Waals surface area contributed by atoms with Gasteiger partial charge in [-0.1, -0.05) is 47.1 Å². The molecule has 0 aliphatic rings. The third kappa shape index (κ3) is 4.69. The highest BCUT2D eigenvalue weighted by Gasteiger charge is 2.11. The Bertz CT molecular complexity index is 889. The topological polar surface area (TPSA) is 77.2 Å². The monoisotopic (exact) mass is 351 g/mol. The van der Waals surface area contributed by atoms with E-state index >= 15 is 0 Å². The second kappa shape index (κ2) is 8.29. The largest absolute Gasteiger partial charge is 0.497 e. The first-order valence-corrected chi connectivity index (χ1v) is 8.43. The smallest absolute Gasteiger partial charge is 0.227 e. The lowest BCUT2D eigenvalue weighted by atomic mass is 10.1. The molecule has 3 aromatic rings. The van der Waals surface area contributed by atoms with E-state index < -0.39 is 0 Å². The minimum absolute atomic E-state index is 0.0485. The number of aromatic nitrogens is 2. The minimum atomic E-state index is -0.0485. The van der Waals surface area contributed by atoms with E-state index in [4.69, 9.17) is 9.26 Å². The summed E-state index contributed by atoms with van der Waals surface area (Å²) in [4.78, 5) is 16.4. The molecule has 6 nitrogen and oxygen atoms in total. The molecule has 0 aliphatic heterocycles. The number of methoxy groups -OCH3 is 1. The van der Waals surface area contributed by atoms with Crippen LogP contribution in [0.25, 0.3) is 11.4 Å². The highest BCUT2D eigenvalue weighted by atomic mass is 16.5. The van der Waals surface area contributed by atoms with Gasteiger partial charge >= 0.3 is 0 Å². The number of ether oxygens (including phenoxy) is 1. The Hall–Kier alpha value is -3.15. The molecule has 0 spiro atoms. The molecular formula is C20H21N3O3. The van der Waals surface area contributed by atoms with Gasteiger partial charge in [-0.3, -0.25) is 4.79 Å². The molecule has 1 N–H and O–H groups in total. The Labute approximate surface area is 152 Å². The SMILES string of the molecule is COc1cccc(-c2noc(CCC(=O)NCc3cccc(C)c3)n2)c1. The first-order chi connectivity index (χ1) is 12.6. The molecule has 1 heterocycles. The standard InChI is InChI=1S/C20H21N3O3/c1-14-5-3-6-15(11-14)13-21-18(24)9-10-19-22-20(23-26-19)16-7-4-8-17(12-16)25-2/h3-8,11-12H,9-10,13H2,1-2H3,(H,21,24). The van der Waals surface area contributed by atoms with Crippen molar-refractivity contribution in [3.63, 3.8) is 0 Å². The lowest BCUT2D eigenvalue weighted by molar-refractivity contribution is -0.121. The van der Waals surface area contributed by atoms with Crippen LogP contribution in [0.15, 0.2) is 53.1 Å².